The largest absolute Gasteiger partial charge is 0.489 e. The van der Waals surface area contributed by atoms with Crippen molar-refractivity contribution < 1.29 is 14.3 Å². The molecule has 8 heteroatoms. The lowest BCUT2D eigenvalue weighted by Gasteiger charge is -2.26. The van der Waals surface area contributed by atoms with E-state index in [9.17, 15) is 9.59 Å². The number of carbonyl (C=O) groups is 2. The number of nitrogens with one attached hydrogen (secondary N) is 1. The first-order valence-electron chi connectivity index (χ1n) is 10.1. The van der Waals surface area contributed by atoms with Crippen LogP contribution in [0.25, 0.3) is 0 Å². The molecule has 2 aromatic carbocycles. The highest BCUT2D eigenvalue weighted by molar-refractivity contribution is 6.02. The van der Waals surface area contributed by atoms with E-state index in [-0.39, 0.29) is 24.3 Å². The van der Waals surface area contributed by atoms with Gasteiger partial charge in [0.15, 0.2) is 5.54 Å². The van der Waals surface area contributed by atoms with Gasteiger partial charge < -0.3 is 15.0 Å². The maximum absolute atomic E-state index is 13.0. The van der Waals surface area contributed by atoms with Crippen molar-refractivity contribution in [2.45, 2.75) is 24.5 Å². The number of amides is 2. The summed E-state index contributed by atoms with van der Waals surface area (Å²) in [6, 6.07) is 16.6. The molecule has 2 aromatic rings. The van der Waals surface area contributed by atoms with Crippen molar-refractivity contribution in [2.75, 3.05) is 25.1 Å². The number of fused-ring (bicyclic) bond motifs is 2. The van der Waals surface area contributed by atoms with Crippen molar-refractivity contribution >= 4 is 17.5 Å². The van der Waals surface area contributed by atoms with E-state index < -0.39 is 11.6 Å². The average Bonchev–Trinajstić information content (AvgIpc) is 3.52. The van der Waals surface area contributed by atoms with Gasteiger partial charge in [0.2, 0.25) is 0 Å². The molecule has 2 amide bonds. The quantitative estimate of drug-likeness (QED) is 0.845. The van der Waals surface area contributed by atoms with Gasteiger partial charge >= 0.3 is 0 Å². The fourth-order valence-corrected chi connectivity index (χ4v) is 4.14. The van der Waals surface area contributed by atoms with Crippen molar-refractivity contribution in [3.8, 4) is 5.75 Å². The Bertz CT molecular complexity index is 1010. The van der Waals surface area contributed by atoms with Gasteiger partial charge in [-0.25, -0.2) is 0 Å². The normalized spacial score (nSPS) is 26.9. The average molecular weight is 405 g/mol. The second kappa shape index (κ2) is 7.12. The van der Waals surface area contributed by atoms with Gasteiger partial charge in [-0.05, 0) is 24.1 Å². The Labute approximate surface area is 174 Å². The zero-order valence-electron chi connectivity index (χ0n) is 16.7. The Hall–Kier alpha value is -3.42. The minimum Gasteiger partial charge on any atom is -0.489 e. The fraction of sp³-hybridized carbons (Fsp3) is 0.364. The summed E-state index contributed by atoms with van der Waals surface area (Å²) in [4.78, 5) is 27.4. The summed E-state index contributed by atoms with van der Waals surface area (Å²) in [5.74, 6) is 0.272. The predicted molar refractivity (Wildman–Crippen MR) is 110 cm³/mol. The molecule has 1 aliphatic carbocycles. The molecule has 2 heterocycles. The standard InChI is InChI=1S/C22H23N5O3/c1-26-18-9-5-6-10-19(18)30-14-17(20(26)28)23-21(29)22-11-16(22)13-27(25-24-22)12-15-7-3-2-4-8-15/h2-10,16-17H,11-14H2,1H3,(H,23,29)/t16?,17-,22?/m0/s1. The number of likely N-dealkylation sites (N-methyl/N-ethyl adjacent to an activating group) is 1. The molecule has 5 rings (SSSR count). The maximum Gasteiger partial charge on any atom is 0.252 e. The monoisotopic (exact) mass is 405 g/mol. The Morgan fingerprint density at radius 2 is 1.97 bits per heavy atom. The molecule has 0 aromatic heterocycles. The van der Waals surface area contributed by atoms with E-state index in [0.29, 0.717) is 30.9 Å². The van der Waals surface area contributed by atoms with Gasteiger partial charge in [0.25, 0.3) is 11.8 Å². The van der Waals surface area contributed by atoms with Crippen LogP contribution in [0.4, 0.5) is 5.69 Å². The van der Waals surface area contributed by atoms with Gasteiger partial charge in [0, 0.05) is 19.5 Å². The lowest BCUT2D eigenvalue weighted by molar-refractivity contribution is -0.129. The minimum absolute atomic E-state index is 0.0873. The topological polar surface area (TPSA) is 86.6 Å². The number of anilines is 1. The van der Waals surface area contributed by atoms with Gasteiger partial charge in [-0.15, -0.1) is 0 Å². The van der Waals surface area contributed by atoms with E-state index in [1.54, 1.807) is 7.05 Å². The van der Waals surface area contributed by atoms with E-state index in [1.165, 1.54) is 4.90 Å². The van der Waals surface area contributed by atoms with Gasteiger partial charge in [0.05, 0.1) is 12.2 Å². The first-order chi connectivity index (χ1) is 14.6. The molecule has 30 heavy (non-hydrogen) atoms. The van der Waals surface area contributed by atoms with Crippen LogP contribution < -0.4 is 15.0 Å². The molecule has 0 spiro atoms. The van der Waals surface area contributed by atoms with E-state index in [2.05, 4.69) is 15.7 Å². The van der Waals surface area contributed by atoms with Gasteiger partial charge in [-0.2, -0.15) is 5.11 Å². The van der Waals surface area contributed by atoms with E-state index in [0.717, 1.165) is 5.56 Å². The van der Waals surface area contributed by atoms with Crippen molar-refractivity contribution in [3.05, 3.63) is 60.2 Å². The molecule has 3 aliphatic rings. The Balaban J connectivity index is 1.25. The number of benzene rings is 2. The van der Waals surface area contributed by atoms with Crippen LogP contribution in [0.1, 0.15) is 12.0 Å². The first-order valence-corrected chi connectivity index (χ1v) is 10.1. The molecule has 3 atom stereocenters. The third-order valence-electron chi connectivity index (χ3n) is 6.02. The molecule has 2 unspecified atom stereocenters. The summed E-state index contributed by atoms with van der Waals surface area (Å²) in [7, 11) is 1.69. The highest BCUT2D eigenvalue weighted by atomic mass is 16.5. The molecular weight excluding hydrogens is 382 g/mol. The molecule has 0 bridgehead atoms. The summed E-state index contributed by atoms with van der Waals surface area (Å²) in [6.07, 6.45) is 0.644. The number of hydrogen-bond acceptors (Lipinski definition) is 6. The molecule has 2 aliphatic heterocycles. The van der Waals surface area contributed by atoms with Crippen LogP contribution in [-0.2, 0) is 16.1 Å². The predicted octanol–water partition coefficient (Wildman–Crippen LogP) is 2.17. The lowest BCUT2D eigenvalue weighted by atomic mass is 10.1. The van der Waals surface area contributed by atoms with Gasteiger partial charge in [0.1, 0.15) is 18.4 Å². The van der Waals surface area contributed by atoms with Crippen LogP contribution >= 0.6 is 0 Å². The summed E-state index contributed by atoms with van der Waals surface area (Å²) in [5.41, 5.74) is 0.985. The molecule has 8 nitrogen and oxygen atoms in total. The van der Waals surface area contributed by atoms with Crippen molar-refractivity contribution in [2.24, 2.45) is 16.3 Å². The molecule has 0 saturated heterocycles. The number of hydrogen-bond donors (Lipinski definition) is 1. The van der Waals surface area contributed by atoms with E-state index >= 15 is 0 Å². The zero-order valence-corrected chi connectivity index (χ0v) is 16.7. The number of para-hydroxylation sites is 2. The number of ether oxygens (including phenoxy) is 1. The summed E-state index contributed by atoms with van der Waals surface area (Å²) in [6.45, 7) is 1.42. The number of nitrogens with zero attached hydrogens (tertiary/aromatic N) is 4. The minimum atomic E-state index is -0.856. The Morgan fingerprint density at radius 1 is 1.20 bits per heavy atom. The molecule has 0 radical (unpaired) electrons. The Kier molecular flexibility index (Phi) is 4.42. The Morgan fingerprint density at radius 3 is 2.77 bits per heavy atom. The maximum atomic E-state index is 13.0. The van der Waals surface area contributed by atoms with Crippen molar-refractivity contribution in [1.29, 1.82) is 0 Å². The number of carbonyl (C=O) groups excluding carboxylic acids is 2. The summed E-state index contributed by atoms with van der Waals surface area (Å²) < 4.78 is 5.78. The molecule has 1 N–H and O–H groups in total. The van der Waals surface area contributed by atoms with Crippen LogP contribution in [0.3, 0.4) is 0 Å². The third kappa shape index (κ3) is 3.18. The SMILES string of the molecule is CN1C(=O)[C@@H](NC(=O)C23CC2CN(Cc2ccccc2)N=N3)COc2ccccc21. The van der Waals surface area contributed by atoms with E-state index in [1.807, 2.05) is 59.6 Å². The molecular formula is C22H23N5O3. The van der Waals surface area contributed by atoms with Gasteiger partial charge in [-0.3, -0.25) is 14.6 Å². The highest BCUT2D eigenvalue weighted by Gasteiger charge is 2.63. The van der Waals surface area contributed by atoms with Crippen molar-refractivity contribution in [1.82, 2.24) is 10.3 Å². The molecule has 1 fully saturated rings. The summed E-state index contributed by atoms with van der Waals surface area (Å²) >= 11 is 0. The second-order valence-electron chi connectivity index (χ2n) is 8.05. The summed E-state index contributed by atoms with van der Waals surface area (Å²) in [5, 5.41) is 13.4. The smallest absolute Gasteiger partial charge is 0.252 e. The first kappa shape index (κ1) is 18.6. The van der Waals surface area contributed by atoms with Crippen LogP contribution in [0, 0.1) is 5.92 Å². The van der Waals surface area contributed by atoms with Crippen LogP contribution in [-0.4, -0.2) is 48.6 Å². The van der Waals surface area contributed by atoms with Crippen LogP contribution in [0.2, 0.25) is 0 Å². The van der Waals surface area contributed by atoms with Crippen LogP contribution in [0.15, 0.2) is 64.9 Å². The third-order valence-corrected chi connectivity index (χ3v) is 6.02. The molecule has 154 valence electrons. The van der Waals surface area contributed by atoms with Gasteiger partial charge in [-0.1, -0.05) is 47.7 Å². The van der Waals surface area contributed by atoms with Crippen molar-refractivity contribution in [3.63, 3.8) is 0 Å². The lowest BCUT2D eigenvalue weighted by Crippen LogP contribution is -2.53. The molecule has 1 saturated carbocycles. The van der Waals surface area contributed by atoms with Crippen LogP contribution in [0.5, 0.6) is 5.75 Å². The highest BCUT2D eigenvalue weighted by Crippen LogP contribution is 2.50. The van der Waals surface area contributed by atoms with E-state index in [4.69, 9.17) is 4.74 Å². The number of rotatable bonds is 4. The fourth-order valence-electron chi connectivity index (χ4n) is 4.14. The second-order valence-corrected chi connectivity index (χ2v) is 8.05. The zero-order chi connectivity index (χ0) is 20.7.